The highest BCUT2D eigenvalue weighted by Crippen LogP contribution is 2.30. The van der Waals surface area contributed by atoms with E-state index in [1.807, 2.05) is 19.1 Å². The van der Waals surface area contributed by atoms with Gasteiger partial charge in [0.1, 0.15) is 0 Å². The maximum absolute atomic E-state index is 12.6. The van der Waals surface area contributed by atoms with Crippen LogP contribution in [0.25, 0.3) is 0 Å². The summed E-state index contributed by atoms with van der Waals surface area (Å²) in [5, 5.41) is 3.62. The second-order valence-electron chi connectivity index (χ2n) is 6.53. The first-order valence-electron chi connectivity index (χ1n) is 8.42. The third-order valence-electron chi connectivity index (χ3n) is 4.54. The van der Waals surface area contributed by atoms with Gasteiger partial charge in [-0.1, -0.05) is 23.7 Å². The number of sulfonamides is 1. The zero-order valence-electron chi connectivity index (χ0n) is 14.7. The minimum atomic E-state index is -3.31. The number of anilines is 1. The standard InChI is InChI=1S/C19H21ClN2O3S/c1-13(14-5-8-17(20)9-6-14)21-19(23)16-7-10-18-15(12-16)4-3-11-22(18)26(2,24)25/h5-10,12-13H,3-4,11H2,1-2H3,(H,21,23)/t13-/m0/s1. The van der Waals surface area contributed by atoms with E-state index in [1.165, 1.54) is 10.6 Å². The molecule has 0 radical (unpaired) electrons. The summed E-state index contributed by atoms with van der Waals surface area (Å²) in [6.07, 6.45) is 2.71. The van der Waals surface area contributed by atoms with Crippen molar-refractivity contribution in [1.29, 1.82) is 0 Å². The molecule has 7 heteroatoms. The Kier molecular flexibility index (Phi) is 5.25. The van der Waals surface area contributed by atoms with Gasteiger partial charge >= 0.3 is 0 Å². The molecule has 1 aliphatic heterocycles. The van der Waals surface area contributed by atoms with E-state index in [2.05, 4.69) is 5.32 Å². The average molecular weight is 393 g/mol. The minimum absolute atomic E-state index is 0.164. The zero-order chi connectivity index (χ0) is 18.9. The Balaban J connectivity index is 1.79. The van der Waals surface area contributed by atoms with Gasteiger partial charge in [0.15, 0.2) is 0 Å². The Hall–Kier alpha value is -2.05. The molecule has 138 valence electrons. The van der Waals surface area contributed by atoms with Crippen molar-refractivity contribution in [2.75, 3.05) is 17.1 Å². The summed E-state index contributed by atoms with van der Waals surface area (Å²) in [4.78, 5) is 12.6. The molecule has 0 fully saturated rings. The van der Waals surface area contributed by atoms with Gasteiger partial charge in [-0.25, -0.2) is 8.42 Å². The molecule has 3 rings (SSSR count). The highest BCUT2D eigenvalue weighted by Gasteiger charge is 2.24. The van der Waals surface area contributed by atoms with Gasteiger partial charge < -0.3 is 5.32 Å². The lowest BCUT2D eigenvalue weighted by Gasteiger charge is -2.29. The first-order chi connectivity index (χ1) is 12.3. The summed E-state index contributed by atoms with van der Waals surface area (Å²) in [7, 11) is -3.31. The number of rotatable bonds is 4. The maximum Gasteiger partial charge on any atom is 0.251 e. The third-order valence-corrected chi connectivity index (χ3v) is 5.97. The first-order valence-corrected chi connectivity index (χ1v) is 10.7. The number of benzene rings is 2. The average Bonchev–Trinajstić information content (AvgIpc) is 2.60. The van der Waals surface area contributed by atoms with Crippen LogP contribution in [0.3, 0.4) is 0 Å². The van der Waals surface area contributed by atoms with Crippen LogP contribution in [0.5, 0.6) is 0 Å². The van der Waals surface area contributed by atoms with Crippen molar-refractivity contribution in [1.82, 2.24) is 5.32 Å². The molecule has 0 bridgehead atoms. The number of hydrogen-bond acceptors (Lipinski definition) is 3. The normalized spacial score (nSPS) is 15.3. The first kappa shape index (κ1) is 18.7. The Morgan fingerprint density at radius 1 is 1.19 bits per heavy atom. The SMILES string of the molecule is C[C@H](NC(=O)c1ccc2c(c1)CCCN2S(C)(=O)=O)c1ccc(Cl)cc1. The van der Waals surface area contributed by atoms with Gasteiger partial charge in [0.05, 0.1) is 18.0 Å². The Bertz CT molecular complexity index is 926. The van der Waals surface area contributed by atoms with E-state index in [4.69, 9.17) is 11.6 Å². The minimum Gasteiger partial charge on any atom is -0.346 e. The van der Waals surface area contributed by atoms with Crippen molar-refractivity contribution >= 4 is 33.2 Å². The summed E-state index contributed by atoms with van der Waals surface area (Å²) in [6.45, 7) is 2.38. The fourth-order valence-corrected chi connectivity index (χ4v) is 4.29. The second kappa shape index (κ2) is 7.29. The van der Waals surface area contributed by atoms with E-state index >= 15 is 0 Å². The van der Waals surface area contributed by atoms with Crippen LogP contribution in [-0.2, 0) is 16.4 Å². The fraction of sp³-hybridized carbons (Fsp3) is 0.316. The summed E-state index contributed by atoms with van der Waals surface area (Å²) in [5.41, 5.74) is 3.04. The van der Waals surface area contributed by atoms with Crippen molar-refractivity contribution in [3.63, 3.8) is 0 Å². The lowest BCUT2D eigenvalue weighted by Crippen LogP contribution is -2.35. The molecule has 1 aliphatic rings. The van der Waals surface area contributed by atoms with Crippen molar-refractivity contribution in [2.45, 2.75) is 25.8 Å². The Morgan fingerprint density at radius 3 is 2.54 bits per heavy atom. The van der Waals surface area contributed by atoms with Crippen LogP contribution in [0, 0.1) is 0 Å². The number of nitrogens with zero attached hydrogens (tertiary/aromatic N) is 1. The number of hydrogen-bond donors (Lipinski definition) is 1. The number of carbonyl (C=O) groups excluding carboxylic acids is 1. The predicted octanol–water partition coefficient (Wildman–Crippen LogP) is 3.54. The molecule has 0 spiro atoms. The van der Waals surface area contributed by atoms with Crippen LogP contribution in [0.4, 0.5) is 5.69 Å². The van der Waals surface area contributed by atoms with Crippen LogP contribution < -0.4 is 9.62 Å². The summed E-state index contributed by atoms with van der Waals surface area (Å²) in [6, 6.07) is 12.4. The number of aryl methyl sites for hydroxylation is 1. The van der Waals surface area contributed by atoms with Gasteiger partial charge in [0.2, 0.25) is 10.0 Å². The number of nitrogens with one attached hydrogen (secondary N) is 1. The molecule has 1 atom stereocenters. The van der Waals surface area contributed by atoms with Gasteiger partial charge in [-0.3, -0.25) is 9.10 Å². The summed E-state index contributed by atoms with van der Waals surface area (Å²) < 4.78 is 25.3. The molecule has 0 saturated heterocycles. The largest absolute Gasteiger partial charge is 0.346 e. The molecule has 5 nitrogen and oxygen atoms in total. The smallest absolute Gasteiger partial charge is 0.251 e. The van der Waals surface area contributed by atoms with Crippen LogP contribution in [0.2, 0.25) is 5.02 Å². The maximum atomic E-state index is 12.6. The van der Waals surface area contributed by atoms with E-state index < -0.39 is 10.0 Å². The molecule has 2 aromatic carbocycles. The van der Waals surface area contributed by atoms with Crippen molar-refractivity contribution < 1.29 is 13.2 Å². The quantitative estimate of drug-likeness (QED) is 0.865. The number of fused-ring (bicyclic) bond motifs is 1. The lowest BCUT2D eigenvalue weighted by molar-refractivity contribution is 0.0940. The van der Waals surface area contributed by atoms with E-state index in [-0.39, 0.29) is 11.9 Å². The van der Waals surface area contributed by atoms with Gasteiger partial charge in [0.25, 0.3) is 5.91 Å². The fourth-order valence-electron chi connectivity index (χ4n) is 3.16. The molecular formula is C19H21ClN2O3S. The van der Waals surface area contributed by atoms with Crippen molar-refractivity contribution in [3.05, 3.63) is 64.2 Å². The van der Waals surface area contributed by atoms with E-state index in [0.29, 0.717) is 22.8 Å². The molecule has 0 unspecified atom stereocenters. The Labute approximate surface area is 159 Å². The van der Waals surface area contributed by atoms with Gasteiger partial charge in [0, 0.05) is 17.1 Å². The Morgan fingerprint density at radius 2 is 1.88 bits per heavy atom. The molecule has 0 aromatic heterocycles. The van der Waals surface area contributed by atoms with Gasteiger partial charge in [-0.05, 0) is 61.2 Å². The lowest BCUT2D eigenvalue weighted by atomic mass is 10.00. The van der Waals surface area contributed by atoms with Crippen LogP contribution >= 0.6 is 11.6 Å². The molecule has 0 saturated carbocycles. The highest BCUT2D eigenvalue weighted by molar-refractivity contribution is 7.92. The van der Waals surface area contributed by atoms with Crippen molar-refractivity contribution in [2.24, 2.45) is 0 Å². The number of carbonyl (C=O) groups is 1. The third kappa shape index (κ3) is 4.02. The van der Waals surface area contributed by atoms with Crippen LogP contribution in [-0.4, -0.2) is 27.1 Å². The molecule has 26 heavy (non-hydrogen) atoms. The molecule has 2 aromatic rings. The van der Waals surface area contributed by atoms with Gasteiger partial charge in [-0.15, -0.1) is 0 Å². The van der Waals surface area contributed by atoms with E-state index in [0.717, 1.165) is 24.0 Å². The van der Waals surface area contributed by atoms with Crippen LogP contribution in [0.15, 0.2) is 42.5 Å². The zero-order valence-corrected chi connectivity index (χ0v) is 16.3. The molecule has 0 aliphatic carbocycles. The monoisotopic (exact) mass is 392 g/mol. The summed E-state index contributed by atoms with van der Waals surface area (Å²) >= 11 is 5.90. The highest BCUT2D eigenvalue weighted by atomic mass is 35.5. The molecule has 1 amide bonds. The predicted molar refractivity (Wildman–Crippen MR) is 104 cm³/mol. The van der Waals surface area contributed by atoms with Gasteiger partial charge in [-0.2, -0.15) is 0 Å². The molecule has 1 N–H and O–H groups in total. The second-order valence-corrected chi connectivity index (χ2v) is 8.87. The topological polar surface area (TPSA) is 66.5 Å². The molecule has 1 heterocycles. The number of halogens is 1. The van der Waals surface area contributed by atoms with Crippen molar-refractivity contribution in [3.8, 4) is 0 Å². The summed E-state index contributed by atoms with van der Waals surface area (Å²) in [5.74, 6) is -0.188. The van der Waals surface area contributed by atoms with Crippen LogP contribution in [0.1, 0.15) is 40.9 Å². The number of amides is 1. The molecular weight excluding hydrogens is 372 g/mol. The van der Waals surface area contributed by atoms with E-state index in [1.54, 1.807) is 30.3 Å². The van der Waals surface area contributed by atoms with E-state index in [9.17, 15) is 13.2 Å².